The molecule has 7 heteroatoms. The van der Waals surface area contributed by atoms with Gasteiger partial charge in [0.25, 0.3) is 0 Å². The molecule has 3 rings (SSSR count). The SMILES string of the molecule is O=C(O)c1cc(-c2cc(Br)ccc(=O)c2O)nc2cc(Cl)ccc12. The molecule has 0 saturated carbocycles. The summed E-state index contributed by atoms with van der Waals surface area (Å²) in [5, 5.41) is 20.4. The van der Waals surface area contributed by atoms with Gasteiger partial charge in [0.1, 0.15) is 0 Å². The summed E-state index contributed by atoms with van der Waals surface area (Å²) in [4.78, 5) is 27.8. The van der Waals surface area contributed by atoms with Crippen LogP contribution in [0.15, 0.2) is 51.7 Å². The van der Waals surface area contributed by atoms with Crippen LogP contribution < -0.4 is 5.43 Å². The number of halogens is 2. The highest BCUT2D eigenvalue weighted by Crippen LogP contribution is 2.31. The second kappa shape index (κ2) is 6.22. The van der Waals surface area contributed by atoms with Crippen molar-refractivity contribution in [1.82, 2.24) is 4.98 Å². The first-order valence-electron chi connectivity index (χ1n) is 6.73. The van der Waals surface area contributed by atoms with Gasteiger partial charge in [-0.3, -0.25) is 4.79 Å². The minimum Gasteiger partial charge on any atom is -0.504 e. The minimum atomic E-state index is -1.15. The highest BCUT2D eigenvalue weighted by atomic mass is 79.9. The van der Waals surface area contributed by atoms with Crippen molar-refractivity contribution in [1.29, 1.82) is 0 Å². The van der Waals surface area contributed by atoms with Crippen molar-refractivity contribution in [3.8, 4) is 17.0 Å². The zero-order valence-corrected chi connectivity index (χ0v) is 14.3. The van der Waals surface area contributed by atoms with Crippen LogP contribution in [0.1, 0.15) is 10.4 Å². The number of hydrogen-bond donors (Lipinski definition) is 2. The number of fused-ring (bicyclic) bond motifs is 1. The van der Waals surface area contributed by atoms with E-state index in [1.54, 1.807) is 12.1 Å². The van der Waals surface area contributed by atoms with E-state index in [0.29, 0.717) is 20.4 Å². The van der Waals surface area contributed by atoms with Gasteiger partial charge < -0.3 is 10.2 Å². The molecule has 0 spiro atoms. The van der Waals surface area contributed by atoms with Gasteiger partial charge in [0.15, 0.2) is 5.75 Å². The first-order chi connectivity index (χ1) is 11.4. The smallest absolute Gasteiger partial charge is 0.336 e. The van der Waals surface area contributed by atoms with Gasteiger partial charge in [0.2, 0.25) is 5.43 Å². The second-order valence-corrected chi connectivity index (χ2v) is 6.36. The van der Waals surface area contributed by atoms with Gasteiger partial charge in [-0.1, -0.05) is 33.6 Å². The van der Waals surface area contributed by atoms with Crippen molar-refractivity contribution in [2.24, 2.45) is 0 Å². The Hall–Kier alpha value is -2.44. The van der Waals surface area contributed by atoms with E-state index in [0.717, 1.165) is 0 Å². The molecule has 120 valence electrons. The Morgan fingerprint density at radius 2 is 1.88 bits per heavy atom. The van der Waals surface area contributed by atoms with E-state index in [4.69, 9.17) is 11.6 Å². The van der Waals surface area contributed by atoms with E-state index in [2.05, 4.69) is 20.9 Å². The lowest BCUT2D eigenvalue weighted by atomic mass is 10.0. The molecule has 2 aromatic carbocycles. The quantitative estimate of drug-likeness (QED) is 0.669. The van der Waals surface area contributed by atoms with E-state index < -0.39 is 17.1 Å². The maximum Gasteiger partial charge on any atom is 0.336 e. The molecule has 0 aliphatic carbocycles. The van der Waals surface area contributed by atoms with Crippen molar-refractivity contribution < 1.29 is 15.0 Å². The first-order valence-corrected chi connectivity index (χ1v) is 7.91. The van der Waals surface area contributed by atoms with Gasteiger partial charge in [0.05, 0.1) is 16.8 Å². The summed E-state index contributed by atoms with van der Waals surface area (Å²) in [6, 6.07) is 10.2. The third-order valence-corrected chi connectivity index (χ3v) is 4.17. The molecule has 0 fully saturated rings. The summed E-state index contributed by atoms with van der Waals surface area (Å²) >= 11 is 9.21. The van der Waals surface area contributed by atoms with Crippen molar-refractivity contribution in [3.05, 3.63) is 67.7 Å². The van der Waals surface area contributed by atoms with Crippen LogP contribution in [0.25, 0.3) is 22.2 Å². The number of rotatable bonds is 2. The van der Waals surface area contributed by atoms with Crippen LogP contribution in [-0.2, 0) is 0 Å². The lowest BCUT2D eigenvalue weighted by Crippen LogP contribution is -2.01. The summed E-state index contributed by atoms with van der Waals surface area (Å²) in [6.45, 7) is 0. The molecule has 0 radical (unpaired) electrons. The topological polar surface area (TPSA) is 87.5 Å². The summed E-state index contributed by atoms with van der Waals surface area (Å²) in [5.41, 5.74) is 0.0449. The lowest BCUT2D eigenvalue weighted by molar-refractivity contribution is 0.0699. The maximum atomic E-state index is 11.9. The minimum absolute atomic E-state index is 0.00106. The zero-order chi connectivity index (χ0) is 17.4. The van der Waals surface area contributed by atoms with Crippen LogP contribution in [-0.4, -0.2) is 21.2 Å². The molecule has 2 N–H and O–H groups in total. The molecule has 5 nitrogen and oxygen atoms in total. The monoisotopic (exact) mass is 405 g/mol. The Kier molecular flexibility index (Phi) is 4.26. The normalized spacial score (nSPS) is 10.8. The van der Waals surface area contributed by atoms with Crippen molar-refractivity contribution in [3.63, 3.8) is 0 Å². The summed E-state index contributed by atoms with van der Waals surface area (Å²) in [7, 11) is 0. The average molecular weight is 407 g/mol. The molecular weight excluding hydrogens is 398 g/mol. The van der Waals surface area contributed by atoms with E-state index in [1.807, 2.05) is 0 Å². The Labute approximate surface area is 149 Å². The number of aromatic hydroxyl groups is 1. The molecule has 0 aliphatic heterocycles. The predicted molar refractivity (Wildman–Crippen MR) is 94.8 cm³/mol. The van der Waals surface area contributed by atoms with Crippen molar-refractivity contribution in [2.45, 2.75) is 0 Å². The lowest BCUT2D eigenvalue weighted by Gasteiger charge is -2.07. The van der Waals surface area contributed by atoms with E-state index in [-0.39, 0.29) is 16.8 Å². The Morgan fingerprint density at radius 1 is 1.12 bits per heavy atom. The largest absolute Gasteiger partial charge is 0.504 e. The number of aromatic nitrogens is 1. The standard InChI is InChI=1S/C17H9BrClNO4/c18-8-1-4-15(21)16(22)12(5-8)14-7-11(17(23)24)10-3-2-9(19)6-13(10)20-14/h1-7H,(H,21,22)(H,23,24). The van der Waals surface area contributed by atoms with Gasteiger partial charge in [-0.25, -0.2) is 9.78 Å². The van der Waals surface area contributed by atoms with E-state index in [9.17, 15) is 19.8 Å². The van der Waals surface area contributed by atoms with Gasteiger partial charge in [0, 0.05) is 20.4 Å². The number of nitrogens with zero attached hydrogens (tertiary/aromatic N) is 1. The van der Waals surface area contributed by atoms with E-state index in [1.165, 1.54) is 30.3 Å². The molecular formula is C17H9BrClNO4. The van der Waals surface area contributed by atoms with Gasteiger partial charge >= 0.3 is 5.97 Å². The van der Waals surface area contributed by atoms with Crippen LogP contribution in [0.3, 0.4) is 0 Å². The fraction of sp³-hybridized carbons (Fsp3) is 0. The molecule has 0 amide bonds. The summed E-state index contributed by atoms with van der Waals surface area (Å²) in [5.74, 6) is -1.65. The summed E-state index contributed by atoms with van der Waals surface area (Å²) < 4.78 is 0.541. The number of carbonyl (C=O) groups is 1. The van der Waals surface area contributed by atoms with Gasteiger partial charge in [-0.2, -0.15) is 0 Å². The number of hydrogen-bond acceptors (Lipinski definition) is 4. The van der Waals surface area contributed by atoms with Gasteiger partial charge in [-0.05, 0) is 36.4 Å². The van der Waals surface area contributed by atoms with Gasteiger partial charge in [-0.15, -0.1) is 0 Å². The Balaban J connectivity index is 2.42. The number of pyridine rings is 1. The molecule has 1 aromatic heterocycles. The predicted octanol–water partition coefficient (Wildman–Crippen LogP) is 4.08. The molecule has 0 saturated heterocycles. The number of aromatic carboxylic acids is 1. The number of carboxylic acid groups (broad SMARTS) is 1. The molecule has 3 aromatic rings. The Morgan fingerprint density at radius 3 is 2.58 bits per heavy atom. The zero-order valence-electron chi connectivity index (χ0n) is 12.0. The first kappa shape index (κ1) is 16.4. The van der Waals surface area contributed by atoms with Crippen LogP contribution in [0.4, 0.5) is 0 Å². The van der Waals surface area contributed by atoms with Crippen molar-refractivity contribution in [2.75, 3.05) is 0 Å². The average Bonchev–Trinajstić information content (AvgIpc) is 2.66. The molecule has 0 bridgehead atoms. The van der Waals surface area contributed by atoms with Crippen LogP contribution in [0, 0.1) is 0 Å². The van der Waals surface area contributed by atoms with E-state index >= 15 is 0 Å². The van der Waals surface area contributed by atoms with Crippen LogP contribution >= 0.6 is 27.5 Å². The third kappa shape index (κ3) is 2.98. The summed E-state index contributed by atoms with van der Waals surface area (Å²) in [6.07, 6.45) is 0. The van der Waals surface area contributed by atoms with Crippen LogP contribution in [0.5, 0.6) is 5.75 Å². The molecule has 0 atom stereocenters. The highest BCUT2D eigenvalue weighted by Gasteiger charge is 2.16. The number of carboxylic acids is 1. The highest BCUT2D eigenvalue weighted by molar-refractivity contribution is 9.10. The molecule has 24 heavy (non-hydrogen) atoms. The third-order valence-electron chi connectivity index (χ3n) is 3.44. The fourth-order valence-electron chi connectivity index (χ4n) is 2.33. The molecule has 0 aliphatic rings. The molecule has 0 unspecified atom stereocenters. The second-order valence-electron chi connectivity index (χ2n) is 5.01. The van der Waals surface area contributed by atoms with Crippen LogP contribution in [0.2, 0.25) is 5.02 Å². The Bertz CT molecular complexity index is 1050. The van der Waals surface area contributed by atoms with Crippen molar-refractivity contribution >= 4 is 44.4 Å². The fourth-order valence-corrected chi connectivity index (χ4v) is 2.86. The number of benzene rings is 1. The molecule has 1 heterocycles. The maximum absolute atomic E-state index is 11.9.